The molecule has 0 fully saturated rings. The molecule has 5 rings (SSSR count). The van der Waals surface area contributed by atoms with E-state index in [1.54, 1.807) is 0 Å². The summed E-state index contributed by atoms with van der Waals surface area (Å²) in [4.78, 5) is 16.6. The summed E-state index contributed by atoms with van der Waals surface area (Å²) in [5, 5.41) is 8.05. The molecule has 0 saturated heterocycles. The smallest absolute Gasteiger partial charge is 0.265 e. The molecule has 3 N–H and O–H groups in total. The van der Waals surface area contributed by atoms with E-state index < -0.39 is 6.10 Å². The van der Waals surface area contributed by atoms with E-state index in [9.17, 15) is 4.79 Å². The van der Waals surface area contributed by atoms with Crippen molar-refractivity contribution in [2.45, 2.75) is 51.2 Å². The third-order valence-corrected chi connectivity index (χ3v) is 7.55. The van der Waals surface area contributed by atoms with E-state index >= 15 is 0 Å². The zero-order valence-corrected chi connectivity index (χ0v) is 22.7. The SMILES string of the molecule is CCC(Oc1ccccc1)C(=O)Nc1ccc2[nH]c3c(c2c1)CC(NCCc1cccc(I)c1)CC3. The normalized spacial score (nSPS) is 15.9. The predicted molar refractivity (Wildman–Crippen MR) is 155 cm³/mol. The number of H-pyrrole nitrogens is 1. The Morgan fingerprint density at radius 1 is 1.11 bits per heavy atom. The van der Waals surface area contributed by atoms with Crippen LogP contribution in [0.1, 0.15) is 36.6 Å². The summed E-state index contributed by atoms with van der Waals surface area (Å²) in [5.74, 6) is 0.579. The van der Waals surface area contributed by atoms with Gasteiger partial charge in [0, 0.05) is 31.9 Å². The van der Waals surface area contributed by atoms with Crippen LogP contribution < -0.4 is 15.4 Å². The lowest BCUT2D eigenvalue weighted by Gasteiger charge is -2.24. The summed E-state index contributed by atoms with van der Waals surface area (Å²) in [7, 11) is 0. The van der Waals surface area contributed by atoms with E-state index in [1.807, 2.05) is 43.3 Å². The molecule has 1 aliphatic rings. The van der Waals surface area contributed by atoms with Crippen LogP contribution in [0.4, 0.5) is 5.69 Å². The van der Waals surface area contributed by atoms with Gasteiger partial charge in [-0.1, -0.05) is 37.3 Å². The molecule has 0 bridgehead atoms. The first-order valence-electron chi connectivity index (χ1n) is 12.7. The monoisotopic (exact) mass is 593 g/mol. The van der Waals surface area contributed by atoms with E-state index in [0.717, 1.165) is 43.4 Å². The van der Waals surface area contributed by atoms with Crippen molar-refractivity contribution >= 4 is 45.1 Å². The average molecular weight is 594 g/mol. The maximum Gasteiger partial charge on any atom is 0.265 e. The summed E-state index contributed by atoms with van der Waals surface area (Å²) >= 11 is 2.37. The predicted octanol–water partition coefficient (Wildman–Crippen LogP) is 6.26. The van der Waals surface area contributed by atoms with Crippen LogP contribution in [0.5, 0.6) is 5.75 Å². The van der Waals surface area contributed by atoms with Gasteiger partial charge in [0.2, 0.25) is 0 Å². The number of ether oxygens (including phenoxy) is 1. The lowest BCUT2D eigenvalue weighted by Crippen LogP contribution is -2.35. The molecule has 1 heterocycles. The van der Waals surface area contributed by atoms with Gasteiger partial charge in [-0.3, -0.25) is 4.79 Å². The minimum Gasteiger partial charge on any atom is -0.481 e. The molecular weight excluding hydrogens is 561 g/mol. The van der Waals surface area contributed by atoms with Crippen molar-refractivity contribution < 1.29 is 9.53 Å². The molecule has 186 valence electrons. The molecular formula is C30H32IN3O2. The Morgan fingerprint density at radius 3 is 2.78 bits per heavy atom. The largest absolute Gasteiger partial charge is 0.481 e. The summed E-state index contributed by atoms with van der Waals surface area (Å²) in [6.07, 6.45) is 4.25. The van der Waals surface area contributed by atoms with Crippen molar-refractivity contribution in [2.24, 2.45) is 0 Å². The Kier molecular flexibility index (Phi) is 7.92. The number of hydrogen-bond acceptors (Lipinski definition) is 3. The molecule has 1 aromatic heterocycles. The number of aryl methyl sites for hydroxylation is 1. The number of aromatic amines is 1. The van der Waals surface area contributed by atoms with Gasteiger partial charge in [0.25, 0.3) is 5.91 Å². The van der Waals surface area contributed by atoms with Gasteiger partial charge in [0.1, 0.15) is 5.75 Å². The van der Waals surface area contributed by atoms with E-state index in [2.05, 4.69) is 74.6 Å². The maximum atomic E-state index is 13.0. The lowest BCUT2D eigenvalue weighted by molar-refractivity contribution is -0.122. The quantitative estimate of drug-likeness (QED) is 0.201. The van der Waals surface area contributed by atoms with Crippen LogP contribution in [0.3, 0.4) is 0 Å². The van der Waals surface area contributed by atoms with Crippen LogP contribution in [0.2, 0.25) is 0 Å². The third kappa shape index (κ3) is 5.93. The van der Waals surface area contributed by atoms with Crippen molar-refractivity contribution in [1.29, 1.82) is 0 Å². The Balaban J connectivity index is 1.24. The number of carbonyl (C=O) groups is 1. The van der Waals surface area contributed by atoms with E-state index in [4.69, 9.17) is 4.74 Å². The number of para-hydroxylation sites is 1. The molecule has 0 radical (unpaired) electrons. The van der Waals surface area contributed by atoms with Gasteiger partial charge < -0.3 is 20.4 Å². The first kappa shape index (κ1) is 24.8. The summed E-state index contributed by atoms with van der Waals surface area (Å²) in [6.45, 7) is 2.94. The molecule has 3 aromatic carbocycles. The zero-order valence-electron chi connectivity index (χ0n) is 20.5. The maximum absolute atomic E-state index is 13.0. The Bertz CT molecular complexity index is 1330. The number of halogens is 1. The summed E-state index contributed by atoms with van der Waals surface area (Å²) < 4.78 is 7.21. The van der Waals surface area contributed by atoms with Gasteiger partial charge >= 0.3 is 0 Å². The van der Waals surface area contributed by atoms with Crippen LogP contribution in [-0.4, -0.2) is 29.6 Å². The van der Waals surface area contributed by atoms with Crippen molar-refractivity contribution in [3.05, 3.63) is 93.2 Å². The minimum atomic E-state index is -0.537. The molecule has 5 nitrogen and oxygen atoms in total. The number of carbonyl (C=O) groups excluding carboxylic acids is 1. The van der Waals surface area contributed by atoms with Crippen LogP contribution in [0, 0.1) is 3.57 Å². The van der Waals surface area contributed by atoms with Gasteiger partial charge in [0.15, 0.2) is 6.10 Å². The minimum absolute atomic E-state index is 0.125. The van der Waals surface area contributed by atoms with Crippen LogP contribution in [0.25, 0.3) is 10.9 Å². The molecule has 36 heavy (non-hydrogen) atoms. The summed E-state index contributed by atoms with van der Waals surface area (Å²) in [5.41, 5.74) is 6.00. The van der Waals surface area contributed by atoms with Gasteiger partial charge in [-0.05, 0) is 115 Å². The first-order chi connectivity index (χ1) is 17.6. The Labute approximate surface area is 226 Å². The van der Waals surface area contributed by atoms with Crippen molar-refractivity contribution in [2.75, 3.05) is 11.9 Å². The lowest BCUT2D eigenvalue weighted by atomic mass is 9.91. The number of anilines is 1. The van der Waals surface area contributed by atoms with Crippen molar-refractivity contribution in [3.63, 3.8) is 0 Å². The fraction of sp³-hybridized carbons (Fsp3) is 0.300. The molecule has 0 aliphatic heterocycles. The number of hydrogen-bond donors (Lipinski definition) is 3. The molecule has 4 aromatic rings. The number of rotatable bonds is 9. The highest BCUT2D eigenvalue weighted by Gasteiger charge is 2.23. The number of amides is 1. The van der Waals surface area contributed by atoms with Gasteiger partial charge in [0.05, 0.1) is 0 Å². The fourth-order valence-corrected chi connectivity index (χ4v) is 5.60. The second kappa shape index (κ2) is 11.5. The second-order valence-corrected chi connectivity index (χ2v) is 10.7. The van der Waals surface area contributed by atoms with E-state index in [-0.39, 0.29) is 5.91 Å². The molecule has 1 amide bonds. The van der Waals surface area contributed by atoms with Crippen LogP contribution >= 0.6 is 22.6 Å². The highest BCUT2D eigenvalue weighted by atomic mass is 127. The molecule has 6 heteroatoms. The fourth-order valence-electron chi connectivity index (χ4n) is 4.99. The molecule has 2 unspecified atom stereocenters. The standard InChI is InChI=1S/C30H32IN3O2/c1-2-29(36-24-9-4-3-5-10-24)30(35)33-23-12-14-28-26(19-23)25-18-22(11-13-27(25)34-28)32-16-15-20-7-6-8-21(31)17-20/h3-10,12,14,17,19,22,29,32,34H,2,11,13,15-16,18H2,1H3,(H,33,35). The van der Waals surface area contributed by atoms with Crippen molar-refractivity contribution in [1.82, 2.24) is 10.3 Å². The average Bonchev–Trinajstić information content (AvgIpc) is 3.25. The molecule has 1 aliphatic carbocycles. The second-order valence-electron chi connectivity index (χ2n) is 9.43. The van der Waals surface area contributed by atoms with E-state index in [1.165, 1.54) is 25.8 Å². The zero-order chi connectivity index (χ0) is 24.9. The Hall–Kier alpha value is -2.84. The van der Waals surface area contributed by atoms with Gasteiger partial charge in [-0.2, -0.15) is 0 Å². The number of nitrogens with one attached hydrogen (secondary N) is 3. The number of benzene rings is 3. The van der Waals surface area contributed by atoms with E-state index in [0.29, 0.717) is 18.2 Å². The molecule has 0 spiro atoms. The van der Waals surface area contributed by atoms with Crippen molar-refractivity contribution in [3.8, 4) is 5.75 Å². The summed E-state index contributed by atoms with van der Waals surface area (Å²) in [6, 6.07) is 24.8. The number of fused-ring (bicyclic) bond motifs is 3. The van der Waals surface area contributed by atoms with Gasteiger partial charge in [-0.15, -0.1) is 0 Å². The first-order valence-corrected chi connectivity index (χ1v) is 13.8. The number of aromatic nitrogens is 1. The van der Waals surface area contributed by atoms with Gasteiger partial charge in [-0.25, -0.2) is 0 Å². The van der Waals surface area contributed by atoms with Crippen LogP contribution in [0.15, 0.2) is 72.8 Å². The molecule has 2 atom stereocenters. The Morgan fingerprint density at radius 2 is 1.97 bits per heavy atom. The molecule has 0 saturated carbocycles. The highest BCUT2D eigenvalue weighted by Crippen LogP contribution is 2.31. The topological polar surface area (TPSA) is 66.1 Å². The highest BCUT2D eigenvalue weighted by molar-refractivity contribution is 14.1. The third-order valence-electron chi connectivity index (χ3n) is 6.88. The van der Waals surface area contributed by atoms with Crippen LogP contribution in [-0.2, 0) is 24.1 Å².